The van der Waals surface area contributed by atoms with Crippen LogP contribution in [0.4, 0.5) is 5.69 Å². The molecule has 0 fully saturated rings. The molecule has 1 heterocycles. The second kappa shape index (κ2) is 6.79. The SMILES string of the molecule is CCCCCCN1CC(CCN)c2ccccc21. The molecule has 0 saturated carbocycles. The number of rotatable bonds is 7. The molecule has 2 nitrogen and oxygen atoms in total. The second-order valence-corrected chi connectivity index (χ2v) is 5.34. The van der Waals surface area contributed by atoms with Crippen molar-refractivity contribution >= 4 is 5.69 Å². The summed E-state index contributed by atoms with van der Waals surface area (Å²) in [5.41, 5.74) is 8.70. The van der Waals surface area contributed by atoms with E-state index in [1.807, 2.05) is 0 Å². The summed E-state index contributed by atoms with van der Waals surface area (Å²) in [6.07, 6.45) is 6.46. The van der Waals surface area contributed by atoms with Crippen LogP contribution in [-0.4, -0.2) is 19.6 Å². The average molecular weight is 246 g/mol. The van der Waals surface area contributed by atoms with Crippen molar-refractivity contribution in [1.82, 2.24) is 0 Å². The maximum absolute atomic E-state index is 5.73. The van der Waals surface area contributed by atoms with Crippen molar-refractivity contribution < 1.29 is 0 Å². The van der Waals surface area contributed by atoms with Gasteiger partial charge in [-0.25, -0.2) is 0 Å². The van der Waals surface area contributed by atoms with Gasteiger partial charge in [-0.3, -0.25) is 0 Å². The number of nitrogens with two attached hydrogens (primary N) is 1. The number of nitrogens with zero attached hydrogens (tertiary/aromatic N) is 1. The zero-order valence-electron chi connectivity index (χ0n) is 11.6. The molecule has 0 spiro atoms. The molecule has 100 valence electrons. The lowest BCUT2D eigenvalue weighted by Gasteiger charge is -2.19. The van der Waals surface area contributed by atoms with Gasteiger partial charge in [0.15, 0.2) is 0 Å². The third kappa shape index (κ3) is 3.05. The number of para-hydroxylation sites is 1. The van der Waals surface area contributed by atoms with Crippen LogP contribution in [0.25, 0.3) is 0 Å². The van der Waals surface area contributed by atoms with Crippen LogP contribution in [0.2, 0.25) is 0 Å². The lowest BCUT2D eigenvalue weighted by molar-refractivity contribution is 0.612. The fourth-order valence-electron chi connectivity index (χ4n) is 2.97. The molecular weight excluding hydrogens is 220 g/mol. The molecule has 0 radical (unpaired) electrons. The minimum absolute atomic E-state index is 0.650. The molecule has 1 atom stereocenters. The number of hydrogen-bond donors (Lipinski definition) is 1. The molecule has 1 aliphatic heterocycles. The first-order valence-corrected chi connectivity index (χ1v) is 7.40. The third-order valence-electron chi connectivity index (χ3n) is 3.95. The van der Waals surface area contributed by atoms with E-state index >= 15 is 0 Å². The number of fused-ring (bicyclic) bond motifs is 1. The van der Waals surface area contributed by atoms with Gasteiger partial charge >= 0.3 is 0 Å². The van der Waals surface area contributed by atoms with E-state index < -0.39 is 0 Å². The van der Waals surface area contributed by atoms with Crippen LogP contribution in [0.1, 0.15) is 50.5 Å². The molecule has 1 aliphatic rings. The quantitative estimate of drug-likeness (QED) is 0.746. The van der Waals surface area contributed by atoms with Gasteiger partial charge in [-0.15, -0.1) is 0 Å². The van der Waals surface area contributed by atoms with Gasteiger partial charge in [0.2, 0.25) is 0 Å². The van der Waals surface area contributed by atoms with Gasteiger partial charge in [0.1, 0.15) is 0 Å². The van der Waals surface area contributed by atoms with Crippen LogP contribution < -0.4 is 10.6 Å². The van der Waals surface area contributed by atoms with E-state index in [2.05, 4.69) is 36.1 Å². The highest BCUT2D eigenvalue weighted by Gasteiger charge is 2.26. The number of anilines is 1. The Hall–Kier alpha value is -1.02. The topological polar surface area (TPSA) is 29.3 Å². The van der Waals surface area contributed by atoms with E-state index in [0.29, 0.717) is 5.92 Å². The van der Waals surface area contributed by atoms with Crippen molar-refractivity contribution in [3.8, 4) is 0 Å². The zero-order chi connectivity index (χ0) is 12.8. The van der Waals surface area contributed by atoms with Gasteiger partial charge < -0.3 is 10.6 Å². The number of unbranched alkanes of at least 4 members (excludes halogenated alkanes) is 3. The van der Waals surface area contributed by atoms with Crippen molar-refractivity contribution in [2.45, 2.75) is 44.9 Å². The van der Waals surface area contributed by atoms with Crippen molar-refractivity contribution in [2.24, 2.45) is 5.73 Å². The summed E-state index contributed by atoms with van der Waals surface area (Å²) < 4.78 is 0. The number of benzene rings is 1. The first kappa shape index (κ1) is 13.4. The van der Waals surface area contributed by atoms with Crippen molar-refractivity contribution in [3.05, 3.63) is 29.8 Å². The standard InChI is InChI=1S/C16H26N2/c1-2-3-4-7-12-18-13-14(10-11-17)15-8-5-6-9-16(15)18/h5-6,8-9,14H,2-4,7,10-13,17H2,1H3. The summed E-state index contributed by atoms with van der Waals surface area (Å²) in [5.74, 6) is 0.650. The maximum atomic E-state index is 5.73. The number of hydrogen-bond acceptors (Lipinski definition) is 2. The largest absolute Gasteiger partial charge is 0.371 e. The lowest BCUT2D eigenvalue weighted by Crippen LogP contribution is -2.23. The normalized spacial score (nSPS) is 18.1. The lowest BCUT2D eigenvalue weighted by atomic mass is 9.98. The molecule has 0 amide bonds. The molecule has 18 heavy (non-hydrogen) atoms. The van der Waals surface area contributed by atoms with Crippen LogP contribution in [0, 0.1) is 0 Å². The molecular formula is C16H26N2. The monoisotopic (exact) mass is 246 g/mol. The first-order valence-electron chi connectivity index (χ1n) is 7.40. The molecule has 0 saturated heterocycles. The Morgan fingerprint density at radius 1 is 1.22 bits per heavy atom. The molecule has 0 aliphatic carbocycles. The second-order valence-electron chi connectivity index (χ2n) is 5.34. The molecule has 1 aromatic rings. The van der Waals surface area contributed by atoms with Gasteiger partial charge in [0, 0.05) is 24.7 Å². The highest BCUT2D eigenvalue weighted by atomic mass is 15.2. The van der Waals surface area contributed by atoms with E-state index in [1.54, 1.807) is 0 Å². The summed E-state index contributed by atoms with van der Waals surface area (Å²) >= 11 is 0. The van der Waals surface area contributed by atoms with Crippen molar-refractivity contribution in [3.63, 3.8) is 0 Å². The van der Waals surface area contributed by atoms with Crippen LogP contribution >= 0.6 is 0 Å². The molecule has 2 heteroatoms. The molecule has 2 N–H and O–H groups in total. The summed E-state index contributed by atoms with van der Waals surface area (Å²) in [7, 11) is 0. The molecule has 1 aromatic carbocycles. The maximum Gasteiger partial charge on any atom is 0.0402 e. The van der Waals surface area contributed by atoms with Gasteiger partial charge in [0.25, 0.3) is 0 Å². The van der Waals surface area contributed by atoms with E-state index in [1.165, 1.54) is 50.0 Å². The third-order valence-corrected chi connectivity index (χ3v) is 3.95. The Labute approximate surface area is 111 Å². The van der Waals surface area contributed by atoms with Crippen molar-refractivity contribution in [2.75, 3.05) is 24.5 Å². The Morgan fingerprint density at radius 2 is 2.06 bits per heavy atom. The summed E-state index contributed by atoms with van der Waals surface area (Å²) in [4.78, 5) is 2.56. The van der Waals surface area contributed by atoms with E-state index in [4.69, 9.17) is 5.73 Å². The minimum atomic E-state index is 0.650. The zero-order valence-corrected chi connectivity index (χ0v) is 11.6. The highest BCUT2D eigenvalue weighted by Crippen LogP contribution is 2.37. The van der Waals surface area contributed by atoms with Crippen LogP contribution in [0.3, 0.4) is 0 Å². The Morgan fingerprint density at radius 3 is 2.83 bits per heavy atom. The predicted octanol–water partition coefficient (Wildman–Crippen LogP) is 3.52. The first-order chi connectivity index (χ1) is 8.86. The van der Waals surface area contributed by atoms with E-state index in [9.17, 15) is 0 Å². The van der Waals surface area contributed by atoms with Gasteiger partial charge in [-0.05, 0) is 31.0 Å². The minimum Gasteiger partial charge on any atom is -0.371 e. The summed E-state index contributed by atoms with van der Waals surface area (Å²) in [6.45, 7) is 5.44. The fourth-order valence-corrected chi connectivity index (χ4v) is 2.97. The molecule has 0 aromatic heterocycles. The fraction of sp³-hybridized carbons (Fsp3) is 0.625. The van der Waals surface area contributed by atoms with Gasteiger partial charge in [-0.1, -0.05) is 44.4 Å². The highest BCUT2D eigenvalue weighted by molar-refractivity contribution is 5.60. The van der Waals surface area contributed by atoms with Gasteiger partial charge in [0.05, 0.1) is 0 Å². The van der Waals surface area contributed by atoms with E-state index in [0.717, 1.165) is 13.0 Å². The molecule has 0 bridgehead atoms. The van der Waals surface area contributed by atoms with Crippen LogP contribution in [0.15, 0.2) is 24.3 Å². The molecule has 2 rings (SSSR count). The van der Waals surface area contributed by atoms with Gasteiger partial charge in [-0.2, -0.15) is 0 Å². The smallest absolute Gasteiger partial charge is 0.0402 e. The Bertz CT molecular complexity index is 362. The summed E-state index contributed by atoms with van der Waals surface area (Å²) in [5, 5.41) is 0. The van der Waals surface area contributed by atoms with E-state index in [-0.39, 0.29) is 0 Å². The van der Waals surface area contributed by atoms with Crippen LogP contribution in [-0.2, 0) is 0 Å². The van der Waals surface area contributed by atoms with Crippen LogP contribution in [0.5, 0.6) is 0 Å². The Kier molecular flexibility index (Phi) is 5.06. The van der Waals surface area contributed by atoms with Crippen molar-refractivity contribution in [1.29, 1.82) is 0 Å². The summed E-state index contributed by atoms with van der Waals surface area (Å²) in [6, 6.07) is 8.86. The molecule has 1 unspecified atom stereocenters. The Balaban J connectivity index is 1.97. The average Bonchev–Trinajstić information content (AvgIpc) is 2.74. The predicted molar refractivity (Wildman–Crippen MR) is 79.2 cm³/mol.